The van der Waals surface area contributed by atoms with Crippen molar-refractivity contribution in [1.29, 1.82) is 0 Å². The zero-order valence-corrected chi connectivity index (χ0v) is 8.72. The van der Waals surface area contributed by atoms with Gasteiger partial charge in [0.25, 0.3) is 0 Å². The summed E-state index contributed by atoms with van der Waals surface area (Å²) in [6.07, 6.45) is 7.37. The van der Waals surface area contributed by atoms with Gasteiger partial charge in [0.05, 0.1) is 12.4 Å². The molecule has 0 N–H and O–H groups in total. The molecule has 15 heavy (non-hydrogen) atoms. The van der Waals surface area contributed by atoms with E-state index in [-0.39, 0.29) is 0 Å². The van der Waals surface area contributed by atoms with Gasteiger partial charge in [-0.25, -0.2) is 0 Å². The maximum absolute atomic E-state index is 5.79. The molecule has 0 aliphatic rings. The first-order valence-electron chi connectivity index (χ1n) is 4.55. The summed E-state index contributed by atoms with van der Waals surface area (Å²) in [7, 11) is 0. The van der Waals surface area contributed by atoms with E-state index in [1.54, 1.807) is 12.4 Å². The van der Waals surface area contributed by atoms with Gasteiger partial charge in [-0.2, -0.15) is 10.2 Å². The first kappa shape index (κ1) is 9.87. The minimum absolute atomic E-state index is 0.748. The summed E-state index contributed by atoms with van der Waals surface area (Å²) >= 11 is 5.79. The zero-order valence-electron chi connectivity index (χ0n) is 7.97. The van der Waals surface area contributed by atoms with Crippen molar-refractivity contribution in [3.63, 3.8) is 0 Å². The average molecular weight is 217 g/mol. The van der Waals surface area contributed by atoms with Crippen molar-refractivity contribution in [2.75, 3.05) is 0 Å². The van der Waals surface area contributed by atoms with Crippen LogP contribution in [-0.4, -0.2) is 10.2 Å². The largest absolute Gasteiger partial charge is 0.159 e. The predicted octanol–water partition coefficient (Wildman–Crippen LogP) is 3.30. The molecule has 0 atom stereocenters. The highest BCUT2D eigenvalue weighted by Crippen LogP contribution is 2.11. The fourth-order valence-electron chi connectivity index (χ4n) is 1.17. The van der Waals surface area contributed by atoms with Crippen molar-refractivity contribution in [2.45, 2.75) is 0 Å². The molecule has 1 heterocycles. The molecular formula is C12H9ClN2. The van der Waals surface area contributed by atoms with Crippen LogP contribution in [0.2, 0.25) is 5.02 Å². The minimum Gasteiger partial charge on any atom is -0.159 e. The van der Waals surface area contributed by atoms with E-state index in [4.69, 9.17) is 11.6 Å². The second kappa shape index (κ2) is 4.71. The average Bonchev–Trinajstić information content (AvgIpc) is 2.30. The van der Waals surface area contributed by atoms with E-state index < -0.39 is 0 Å². The Balaban J connectivity index is 2.15. The lowest BCUT2D eigenvalue weighted by atomic mass is 10.2. The second-order valence-electron chi connectivity index (χ2n) is 3.06. The van der Waals surface area contributed by atoms with Gasteiger partial charge in [0.15, 0.2) is 0 Å². The maximum Gasteiger partial charge on any atom is 0.0568 e. The topological polar surface area (TPSA) is 25.8 Å². The number of hydrogen-bond donors (Lipinski definition) is 0. The van der Waals surface area contributed by atoms with Gasteiger partial charge in [-0.15, -0.1) is 0 Å². The lowest BCUT2D eigenvalue weighted by molar-refractivity contribution is 1.03. The van der Waals surface area contributed by atoms with Crippen LogP contribution in [0.15, 0.2) is 42.7 Å². The summed E-state index contributed by atoms with van der Waals surface area (Å²) in [5.41, 5.74) is 2.14. The Bertz CT molecular complexity index is 449. The van der Waals surface area contributed by atoms with Crippen LogP contribution < -0.4 is 0 Å². The Kier molecular flexibility index (Phi) is 3.10. The van der Waals surface area contributed by atoms with Crippen LogP contribution in [0.5, 0.6) is 0 Å². The summed E-state index contributed by atoms with van der Waals surface area (Å²) in [5, 5.41) is 8.25. The molecule has 74 valence electrons. The van der Waals surface area contributed by atoms with Gasteiger partial charge >= 0.3 is 0 Å². The minimum atomic E-state index is 0.748. The van der Waals surface area contributed by atoms with E-state index in [0.29, 0.717) is 0 Å². The molecule has 0 radical (unpaired) electrons. The molecule has 0 bridgehead atoms. The monoisotopic (exact) mass is 216 g/mol. The van der Waals surface area contributed by atoms with E-state index >= 15 is 0 Å². The van der Waals surface area contributed by atoms with Crippen molar-refractivity contribution >= 4 is 23.8 Å². The van der Waals surface area contributed by atoms with Gasteiger partial charge in [0.1, 0.15) is 0 Å². The molecule has 3 heteroatoms. The summed E-state index contributed by atoms with van der Waals surface area (Å²) < 4.78 is 0. The molecule has 1 aromatic carbocycles. The van der Waals surface area contributed by atoms with Crippen LogP contribution in [-0.2, 0) is 0 Å². The van der Waals surface area contributed by atoms with Crippen LogP contribution in [0.4, 0.5) is 0 Å². The number of benzene rings is 1. The van der Waals surface area contributed by atoms with Crippen molar-refractivity contribution in [1.82, 2.24) is 10.2 Å². The fourth-order valence-corrected chi connectivity index (χ4v) is 1.29. The molecule has 0 saturated carbocycles. The zero-order chi connectivity index (χ0) is 10.5. The van der Waals surface area contributed by atoms with Gasteiger partial charge in [0.2, 0.25) is 0 Å². The van der Waals surface area contributed by atoms with Crippen molar-refractivity contribution < 1.29 is 0 Å². The SMILES string of the molecule is Clc1ccc(/C=C/c2ccnnc2)cc1. The third kappa shape index (κ3) is 2.89. The van der Waals surface area contributed by atoms with E-state index in [1.807, 2.05) is 42.5 Å². The lowest BCUT2D eigenvalue weighted by Gasteiger charge is -1.93. The third-order valence-electron chi connectivity index (χ3n) is 1.95. The van der Waals surface area contributed by atoms with Gasteiger partial charge < -0.3 is 0 Å². The van der Waals surface area contributed by atoms with E-state index in [2.05, 4.69) is 10.2 Å². The molecule has 0 amide bonds. The Morgan fingerprint density at radius 1 is 0.867 bits per heavy atom. The Hall–Kier alpha value is -1.67. The summed E-state index contributed by atoms with van der Waals surface area (Å²) in [6, 6.07) is 9.57. The summed E-state index contributed by atoms with van der Waals surface area (Å²) in [4.78, 5) is 0. The second-order valence-corrected chi connectivity index (χ2v) is 3.50. The molecule has 0 aliphatic carbocycles. The predicted molar refractivity (Wildman–Crippen MR) is 62.4 cm³/mol. The lowest BCUT2D eigenvalue weighted by Crippen LogP contribution is -1.78. The molecule has 2 rings (SSSR count). The van der Waals surface area contributed by atoms with Gasteiger partial charge in [-0.3, -0.25) is 0 Å². The van der Waals surface area contributed by atoms with Crippen LogP contribution in [0.25, 0.3) is 12.2 Å². The van der Waals surface area contributed by atoms with Gasteiger partial charge in [-0.1, -0.05) is 35.9 Å². The third-order valence-corrected chi connectivity index (χ3v) is 2.20. The van der Waals surface area contributed by atoms with Crippen molar-refractivity contribution in [3.05, 3.63) is 58.9 Å². The highest BCUT2D eigenvalue weighted by Gasteiger charge is 1.88. The normalized spacial score (nSPS) is 10.7. The van der Waals surface area contributed by atoms with Gasteiger partial charge in [-0.05, 0) is 29.3 Å². The number of halogens is 1. The van der Waals surface area contributed by atoms with Crippen molar-refractivity contribution in [3.8, 4) is 0 Å². The van der Waals surface area contributed by atoms with Crippen LogP contribution in [0.1, 0.15) is 11.1 Å². The first-order chi connectivity index (χ1) is 7.34. The van der Waals surface area contributed by atoms with Crippen LogP contribution in [0, 0.1) is 0 Å². The molecule has 0 aliphatic heterocycles. The Morgan fingerprint density at radius 2 is 1.60 bits per heavy atom. The van der Waals surface area contributed by atoms with Crippen molar-refractivity contribution in [2.24, 2.45) is 0 Å². The van der Waals surface area contributed by atoms with Crippen LogP contribution >= 0.6 is 11.6 Å². The molecule has 0 fully saturated rings. The fraction of sp³-hybridized carbons (Fsp3) is 0. The van der Waals surface area contributed by atoms with E-state index in [0.717, 1.165) is 16.1 Å². The number of nitrogens with zero attached hydrogens (tertiary/aromatic N) is 2. The van der Waals surface area contributed by atoms with E-state index in [1.165, 1.54) is 0 Å². The highest BCUT2D eigenvalue weighted by molar-refractivity contribution is 6.30. The molecule has 0 saturated heterocycles. The standard InChI is InChI=1S/C12H9ClN2/c13-12-5-3-10(4-6-12)1-2-11-7-8-14-15-9-11/h1-9H/b2-1+. The number of hydrogen-bond acceptors (Lipinski definition) is 2. The van der Waals surface area contributed by atoms with E-state index in [9.17, 15) is 0 Å². The maximum atomic E-state index is 5.79. The Labute approximate surface area is 93.2 Å². The number of aromatic nitrogens is 2. The molecule has 0 unspecified atom stereocenters. The number of rotatable bonds is 2. The first-order valence-corrected chi connectivity index (χ1v) is 4.93. The van der Waals surface area contributed by atoms with Gasteiger partial charge in [0, 0.05) is 5.02 Å². The quantitative estimate of drug-likeness (QED) is 0.770. The molecule has 1 aromatic heterocycles. The summed E-state index contributed by atoms with van der Waals surface area (Å²) in [5.74, 6) is 0. The summed E-state index contributed by atoms with van der Waals surface area (Å²) in [6.45, 7) is 0. The molecule has 2 nitrogen and oxygen atoms in total. The van der Waals surface area contributed by atoms with Crippen LogP contribution in [0.3, 0.4) is 0 Å². The highest BCUT2D eigenvalue weighted by atomic mass is 35.5. The molecule has 2 aromatic rings. The molecule has 0 spiro atoms. The smallest absolute Gasteiger partial charge is 0.0568 e. The molecular weight excluding hydrogens is 208 g/mol. The Morgan fingerprint density at radius 3 is 2.27 bits per heavy atom.